The molecule has 0 radical (unpaired) electrons. The van der Waals surface area contributed by atoms with Crippen LogP contribution in [0, 0.1) is 16.2 Å². The number of pyridine rings is 1. The molecular weight excluding hydrogens is 931 g/mol. The van der Waals surface area contributed by atoms with Gasteiger partial charge in [0.1, 0.15) is 29.1 Å². The number of carbonyl (C=O) groups is 4. The zero-order valence-corrected chi connectivity index (χ0v) is 43.4. The van der Waals surface area contributed by atoms with Crippen LogP contribution in [0.5, 0.6) is 11.5 Å². The Kier molecular flexibility index (Phi) is 15.3. The molecule has 0 spiro atoms. The fourth-order valence-electron chi connectivity index (χ4n) is 10.7. The van der Waals surface area contributed by atoms with Gasteiger partial charge in [0, 0.05) is 87.3 Å². The molecule has 4 amide bonds. The van der Waals surface area contributed by atoms with E-state index >= 15 is 0 Å². The maximum Gasteiger partial charge on any atom is 0.326 e. The first-order valence-corrected chi connectivity index (χ1v) is 25.1. The molecule has 18 heteroatoms. The average Bonchev–Trinajstić information content (AvgIpc) is 3.98. The van der Waals surface area contributed by atoms with Crippen molar-refractivity contribution in [2.75, 3.05) is 48.0 Å². The molecule has 2 aromatic heterocycles. The second-order valence-electron chi connectivity index (χ2n) is 21.0. The molecule has 5 atom stereocenters. The van der Waals surface area contributed by atoms with Crippen LogP contribution in [0.1, 0.15) is 82.1 Å². The summed E-state index contributed by atoms with van der Waals surface area (Å²) in [4.78, 5) is 84.8. The van der Waals surface area contributed by atoms with Crippen molar-refractivity contribution >= 4 is 34.5 Å². The number of rotatable bonds is 13. The number of carbonyl (C=O) groups excluding carboxylic acids is 4. The van der Waals surface area contributed by atoms with Crippen molar-refractivity contribution in [2.24, 2.45) is 17.1 Å². The number of phenols is 1. The molecule has 388 valence electrons. The minimum atomic E-state index is -1.22. The molecule has 1 aliphatic carbocycles. The normalized spacial score (nSPS) is 21.2. The quantitative estimate of drug-likeness (QED) is 0.109. The van der Waals surface area contributed by atoms with Gasteiger partial charge in [-0.1, -0.05) is 52.0 Å². The lowest BCUT2D eigenvalue weighted by molar-refractivity contribution is -0.835. The lowest BCUT2D eigenvalue weighted by atomic mass is 9.84. The van der Waals surface area contributed by atoms with Crippen molar-refractivity contribution in [3.63, 3.8) is 0 Å². The van der Waals surface area contributed by atoms with Crippen molar-refractivity contribution in [2.45, 2.75) is 110 Å². The first kappa shape index (κ1) is 52.4. The third kappa shape index (κ3) is 10.9. The molecule has 1 unspecified atom stereocenters. The van der Waals surface area contributed by atoms with E-state index in [1.165, 1.54) is 28.9 Å². The summed E-state index contributed by atoms with van der Waals surface area (Å²) in [5.74, 6) is -2.02. The van der Waals surface area contributed by atoms with E-state index in [0.29, 0.717) is 60.6 Å². The largest absolute Gasteiger partial charge is 0.508 e. The number of nitrogens with two attached hydrogens (primary N) is 1. The van der Waals surface area contributed by atoms with Gasteiger partial charge in [0.25, 0.3) is 5.91 Å². The van der Waals surface area contributed by atoms with Crippen molar-refractivity contribution in [3.05, 3.63) is 106 Å². The standard InChI is InChI=1S/C55H69N9O9/c1-10-62-46-18-15-36-26-41(46)42(50(62)43-29-57-20-19-37(43)31-71-8)27-54(4,5)32-73-64(70)47-12-11-21-63(59-47)52(68)45(24-34-22-38(36)25-39(65)23-34)58-51(67)49(33(2)3)61(7)48(66)30-60(6)53(69)55(56)28-44(55)35-13-16-40(72-9)17-14-35/h13-20,22-23,25-26,29,33,44-45,47,49,59H,10-12,21,24,27-28,30-32,56H2,1-9H3,(H-,58,65,67)/p+1/t44-,45-,47+,49-,55?/m0/s1. The van der Waals surface area contributed by atoms with Crippen molar-refractivity contribution in [1.82, 2.24) is 35.1 Å². The van der Waals surface area contributed by atoms with Crippen LogP contribution < -0.4 is 21.2 Å². The highest BCUT2D eigenvalue weighted by molar-refractivity contribution is 5.97. The maximum atomic E-state index is 14.8. The Hall–Kier alpha value is -6.89. The van der Waals surface area contributed by atoms with E-state index < -0.39 is 58.7 Å². The minimum Gasteiger partial charge on any atom is -0.508 e. The number of ether oxygens (including phenoxy) is 2. The zero-order chi connectivity index (χ0) is 52.5. The summed E-state index contributed by atoms with van der Waals surface area (Å²) in [7, 11) is 6.27. The van der Waals surface area contributed by atoms with E-state index in [-0.39, 0.29) is 37.8 Å². The summed E-state index contributed by atoms with van der Waals surface area (Å²) in [5.41, 5.74) is 15.8. The van der Waals surface area contributed by atoms with Crippen LogP contribution >= 0.6 is 0 Å². The number of benzene rings is 3. The van der Waals surface area contributed by atoms with Crippen LogP contribution in [0.3, 0.4) is 0 Å². The molecule has 5 aromatic rings. The van der Waals surface area contributed by atoms with Crippen LogP contribution in [0.15, 0.2) is 79.1 Å². The molecule has 5 N–H and O–H groups in total. The molecule has 3 aliphatic rings. The van der Waals surface area contributed by atoms with Crippen LogP contribution in [-0.4, -0.2) is 130 Å². The Labute approximate surface area is 426 Å². The van der Waals surface area contributed by atoms with Gasteiger partial charge in [-0.2, -0.15) is 5.43 Å². The molecule has 6 bridgehead atoms. The number of hydrogen-bond donors (Lipinski definition) is 4. The van der Waals surface area contributed by atoms with Crippen LogP contribution in [0.2, 0.25) is 0 Å². The number of fused-ring (bicyclic) bond motifs is 6. The van der Waals surface area contributed by atoms with Gasteiger partial charge < -0.3 is 40.0 Å². The van der Waals surface area contributed by atoms with Gasteiger partial charge in [0.2, 0.25) is 22.6 Å². The molecule has 8 rings (SSSR count). The van der Waals surface area contributed by atoms with E-state index in [1.54, 1.807) is 46.4 Å². The fraction of sp³-hybridized carbons (Fsp3) is 0.473. The Morgan fingerprint density at radius 1 is 1.05 bits per heavy atom. The number of nitrogens with zero attached hydrogens (tertiary/aromatic N) is 6. The van der Waals surface area contributed by atoms with E-state index in [9.17, 15) is 29.2 Å². The zero-order valence-electron chi connectivity index (χ0n) is 43.4. The Morgan fingerprint density at radius 3 is 2.51 bits per heavy atom. The van der Waals surface area contributed by atoms with Gasteiger partial charge in [0.15, 0.2) is 6.61 Å². The highest BCUT2D eigenvalue weighted by atomic mass is 16.8. The van der Waals surface area contributed by atoms with E-state index in [1.807, 2.05) is 48.7 Å². The third-order valence-corrected chi connectivity index (χ3v) is 14.6. The number of hydrazine groups is 1. The third-order valence-electron chi connectivity index (χ3n) is 14.6. The molecule has 2 aliphatic heterocycles. The lowest BCUT2D eigenvalue weighted by Crippen LogP contribution is -2.62. The monoisotopic (exact) mass is 1000 g/mol. The Bertz CT molecular complexity index is 2900. The molecule has 1 saturated carbocycles. The summed E-state index contributed by atoms with van der Waals surface area (Å²) in [6.45, 7) is 10.8. The van der Waals surface area contributed by atoms with E-state index in [2.05, 4.69) is 53.2 Å². The molecule has 1 saturated heterocycles. The highest BCUT2D eigenvalue weighted by Gasteiger charge is 2.59. The van der Waals surface area contributed by atoms with Gasteiger partial charge in [-0.25, -0.2) is 4.84 Å². The number of nitrogens with one attached hydrogen (secondary N) is 2. The summed E-state index contributed by atoms with van der Waals surface area (Å²) < 4.78 is 13.2. The van der Waals surface area contributed by atoms with E-state index in [4.69, 9.17) is 20.0 Å². The molecule has 73 heavy (non-hydrogen) atoms. The number of phenolic OH excluding ortho intramolecular Hbond substituents is 1. The Balaban J connectivity index is 1.11. The molecule has 18 nitrogen and oxygen atoms in total. The summed E-state index contributed by atoms with van der Waals surface area (Å²) >= 11 is 0. The number of hydrogen-bond acceptors (Lipinski definition) is 12. The van der Waals surface area contributed by atoms with Crippen molar-refractivity contribution in [1.29, 1.82) is 0 Å². The van der Waals surface area contributed by atoms with Crippen LogP contribution in [0.4, 0.5) is 0 Å². The highest BCUT2D eigenvalue weighted by Crippen LogP contribution is 2.51. The van der Waals surface area contributed by atoms with Gasteiger partial charge in [0.05, 0.1) is 30.9 Å². The smallest absolute Gasteiger partial charge is 0.326 e. The summed E-state index contributed by atoms with van der Waals surface area (Å²) in [6.07, 6.45) is 4.42. The second kappa shape index (κ2) is 21.3. The minimum absolute atomic E-state index is 0.0348. The van der Waals surface area contributed by atoms with Gasteiger partial charge in [-0.3, -0.25) is 29.2 Å². The maximum absolute atomic E-state index is 14.8. The lowest BCUT2D eigenvalue weighted by Gasteiger charge is -2.35. The van der Waals surface area contributed by atoms with Crippen LogP contribution in [0.25, 0.3) is 33.3 Å². The summed E-state index contributed by atoms with van der Waals surface area (Å²) in [6, 6.07) is 18.4. The average molecular weight is 1000 g/mol. The van der Waals surface area contributed by atoms with Gasteiger partial charge in [-0.15, -0.1) is 0 Å². The molecular formula is C55H70N9O9+. The SMILES string of the molecule is CCn1c(-c2cnccc2COC)c2c3cc(ccc31)-c1cc(O)cc(c1)C[C@H](NC(=O)[C@H](C(C)C)N(C)C(=O)CN(C)C(=O)C1(N)C[C@H]1c1ccc(OC)cc1)C(=O)N1CCC[C@H](N1)[N+](=O)OCC(C)(C)C2. The predicted octanol–water partition coefficient (Wildman–Crippen LogP) is 5.85. The summed E-state index contributed by atoms with van der Waals surface area (Å²) in [5, 5.41) is 16.7. The van der Waals surface area contributed by atoms with Crippen molar-refractivity contribution < 1.29 is 43.5 Å². The topological polar surface area (TPSA) is 214 Å². The first-order chi connectivity index (χ1) is 34.8. The van der Waals surface area contributed by atoms with Crippen LogP contribution in [-0.2, 0) is 54.7 Å². The van der Waals surface area contributed by atoms with Gasteiger partial charge >= 0.3 is 6.17 Å². The number of likely N-dealkylation sites (N-methyl/N-ethyl adjacent to an activating group) is 2. The number of aromatic hydroxyl groups is 1. The molecule has 3 aromatic carbocycles. The second-order valence-corrected chi connectivity index (χ2v) is 21.0. The van der Waals surface area contributed by atoms with E-state index in [0.717, 1.165) is 44.4 Å². The predicted molar refractivity (Wildman–Crippen MR) is 276 cm³/mol. The fourth-order valence-corrected chi connectivity index (χ4v) is 10.7. The Morgan fingerprint density at radius 2 is 1.81 bits per heavy atom. The molecule has 4 heterocycles. The van der Waals surface area contributed by atoms with Crippen molar-refractivity contribution in [3.8, 4) is 33.9 Å². The number of aryl methyl sites for hydroxylation is 1. The molecule has 2 fully saturated rings. The first-order valence-electron chi connectivity index (χ1n) is 25.1. The number of amides is 4. The van der Waals surface area contributed by atoms with Gasteiger partial charge in [-0.05, 0) is 108 Å². The number of aromatic nitrogens is 2. The number of methoxy groups -OCH3 is 2.